The van der Waals surface area contributed by atoms with Gasteiger partial charge in [0.05, 0.1) is 17.7 Å². The number of anilines is 1. The summed E-state index contributed by atoms with van der Waals surface area (Å²) in [6.45, 7) is 2.52. The Labute approximate surface area is 102 Å². The summed E-state index contributed by atoms with van der Waals surface area (Å²) in [6, 6.07) is 0.287. The molecule has 0 saturated carbocycles. The molecule has 0 bridgehead atoms. The molecule has 7 heteroatoms. The first-order valence-corrected chi connectivity index (χ1v) is 5.75. The number of carboxylic acid groups (broad SMARTS) is 1. The van der Waals surface area contributed by atoms with Gasteiger partial charge >= 0.3 is 5.97 Å². The zero-order chi connectivity index (χ0) is 12.4. The van der Waals surface area contributed by atoms with Gasteiger partial charge in [-0.3, -0.25) is 0 Å². The molecule has 0 aromatic carbocycles. The van der Waals surface area contributed by atoms with Gasteiger partial charge < -0.3 is 14.4 Å². The Morgan fingerprint density at radius 3 is 2.94 bits per heavy atom. The second kappa shape index (κ2) is 4.54. The maximum absolute atomic E-state index is 10.7. The Hall–Kier alpha value is -1.89. The number of aromatic nitrogens is 2. The molecule has 0 spiro atoms. The van der Waals surface area contributed by atoms with Crippen LogP contribution in [0.15, 0.2) is 16.2 Å². The lowest BCUT2D eigenvalue weighted by atomic mass is 10.4. The summed E-state index contributed by atoms with van der Waals surface area (Å²) in [6.07, 6.45) is 1.13. The fourth-order valence-corrected chi connectivity index (χ4v) is 2.13. The molecule has 0 radical (unpaired) electrons. The number of nitrogens with zero attached hydrogens (tertiary/aromatic N) is 3. The van der Waals surface area contributed by atoms with Crippen molar-refractivity contribution in [2.45, 2.75) is 13.5 Å². The fraction of sp³-hybridized carbons (Fsp3) is 0.300. The third kappa shape index (κ3) is 2.44. The molecule has 2 rings (SSSR count). The molecular weight excluding hydrogens is 242 g/mol. The number of oxazole rings is 1. The maximum Gasteiger partial charge on any atom is 0.357 e. The van der Waals surface area contributed by atoms with E-state index in [4.69, 9.17) is 9.52 Å². The number of carboxylic acids is 1. The standard InChI is InChI=1S/C10H11N3O3S/c1-6-8(17-5-11-6)3-13(2)10-12-7(4-16-10)9(14)15/h4-5H,3H2,1-2H3,(H,14,15). The van der Waals surface area contributed by atoms with E-state index < -0.39 is 5.97 Å². The minimum absolute atomic E-state index is 0.0899. The van der Waals surface area contributed by atoms with E-state index in [1.807, 2.05) is 6.92 Å². The number of carbonyl (C=O) groups is 1. The van der Waals surface area contributed by atoms with Crippen LogP contribution in [-0.4, -0.2) is 28.1 Å². The molecule has 90 valence electrons. The monoisotopic (exact) mass is 253 g/mol. The largest absolute Gasteiger partial charge is 0.476 e. The molecule has 0 amide bonds. The van der Waals surface area contributed by atoms with Gasteiger partial charge in [-0.15, -0.1) is 11.3 Å². The zero-order valence-corrected chi connectivity index (χ0v) is 10.2. The van der Waals surface area contributed by atoms with Gasteiger partial charge in [0.25, 0.3) is 6.01 Å². The van der Waals surface area contributed by atoms with Crippen molar-refractivity contribution in [2.24, 2.45) is 0 Å². The Morgan fingerprint density at radius 1 is 1.65 bits per heavy atom. The molecule has 2 aromatic rings. The van der Waals surface area contributed by atoms with Crippen LogP contribution in [0.4, 0.5) is 6.01 Å². The second-order valence-corrected chi connectivity index (χ2v) is 4.48. The highest BCUT2D eigenvalue weighted by Gasteiger charge is 2.15. The maximum atomic E-state index is 10.7. The van der Waals surface area contributed by atoms with Crippen LogP contribution in [0.5, 0.6) is 0 Å². The average Bonchev–Trinajstić information content (AvgIpc) is 2.88. The number of rotatable bonds is 4. The number of hydrogen-bond acceptors (Lipinski definition) is 6. The van der Waals surface area contributed by atoms with Crippen LogP contribution >= 0.6 is 11.3 Å². The molecule has 0 fully saturated rings. The summed E-state index contributed by atoms with van der Waals surface area (Å²) in [5.74, 6) is -1.10. The minimum Gasteiger partial charge on any atom is -0.476 e. The molecule has 17 heavy (non-hydrogen) atoms. The lowest BCUT2D eigenvalue weighted by molar-refractivity contribution is 0.0690. The van der Waals surface area contributed by atoms with Gasteiger partial charge in [-0.25, -0.2) is 9.78 Å². The lowest BCUT2D eigenvalue weighted by Crippen LogP contribution is -2.16. The van der Waals surface area contributed by atoms with Gasteiger partial charge in [0.1, 0.15) is 6.26 Å². The first kappa shape index (κ1) is 11.6. The molecule has 1 N–H and O–H groups in total. The predicted molar refractivity (Wildman–Crippen MR) is 62.4 cm³/mol. The van der Waals surface area contributed by atoms with Crippen molar-refractivity contribution in [1.82, 2.24) is 9.97 Å². The average molecular weight is 253 g/mol. The van der Waals surface area contributed by atoms with Crippen molar-refractivity contribution in [3.8, 4) is 0 Å². The van der Waals surface area contributed by atoms with Gasteiger partial charge in [-0.1, -0.05) is 0 Å². The summed E-state index contributed by atoms with van der Waals surface area (Å²) >= 11 is 1.55. The van der Waals surface area contributed by atoms with Crippen LogP contribution in [0.25, 0.3) is 0 Å². The first-order chi connectivity index (χ1) is 8.08. The van der Waals surface area contributed by atoms with E-state index in [2.05, 4.69) is 9.97 Å². The summed E-state index contributed by atoms with van der Waals surface area (Å²) in [5, 5.41) is 8.73. The van der Waals surface area contributed by atoms with Crippen LogP contribution in [0.2, 0.25) is 0 Å². The van der Waals surface area contributed by atoms with E-state index in [1.165, 1.54) is 0 Å². The Kier molecular flexibility index (Phi) is 3.10. The van der Waals surface area contributed by atoms with Crippen LogP contribution in [0.3, 0.4) is 0 Å². The molecule has 0 aliphatic carbocycles. The van der Waals surface area contributed by atoms with Gasteiger partial charge in [-0.05, 0) is 6.92 Å². The van der Waals surface area contributed by atoms with Crippen LogP contribution in [0, 0.1) is 6.92 Å². The van der Waals surface area contributed by atoms with E-state index in [-0.39, 0.29) is 11.7 Å². The Morgan fingerprint density at radius 2 is 2.41 bits per heavy atom. The highest BCUT2D eigenvalue weighted by Crippen LogP contribution is 2.19. The lowest BCUT2D eigenvalue weighted by Gasteiger charge is -2.12. The van der Waals surface area contributed by atoms with Gasteiger partial charge in [0.2, 0.25) is 0 Å². The minimum atomic E-state index is -1.10. The summed E-state index contributed by atoms with van der Waals surface area (Å²) in [5.41, 5.74) is 2.65. The van der Waals surface area contributed by atoms with Gasteiger partial charge in [-0.2, -0.15) is 4.98 Å². The number of thiazole rings is 1. The van der Waals surface area contributed by atoms with Crippen molar-refractivity contribution in [3.63, 3.8) is 0 Å². The summed E-state index contributed by atoms with van der Waals surface area (Å²) in [4.78, 5) is 21.5. The van der Waals surface area contributed by atoms with E-state index in [1.54, 1.807) is 28.8 Å². The van der Waals surface area contributed by atoms with Crippen molar-refractivity contribution >= 4 is 23.3 Å². The highest BCUT2D eigenvalue weighted by molar-refractivity contribution is 7.09. The number of hydrogen-bond donors (Lipinski definition) is 1. The molecule has 2 aromatic heterocycles. The van der Waals surface area contributed by atoms with E-state index in [9.17, 15) is 4.79 Å². The fourth-order valence-electron chi connectivity index (χ4n) is 1.30. The van der Waals surface area contributed by atoms with Gasteiger partial charge in [0.15, 0.2) is 5.69 Å². The SMILES string of the molecule is Cc1ncsc1CN(C)c1nc(C(=O)O)co1. The molecule has 0 aliphatic heterocycles. The highest BCUT2D eigenvalue weighted by atomic mass is 32.1. The van der Waals surface area contributed by atoms with Crippen LogP contribution < -0.4 is 4.90 Å². The van der Waals surface area contributed by atoms with Crippen molar-refractivity contribution in [2.75, 3.05) is 11.9 Å². The predicted octanol–water partition coefficient (Wildman–Crippen LogP) is 1.77. The Bertz CT molecular complexity index is 534. The second-order valence-electron chi connectivity index (χ2n) is 3.54. The summed E-state index contributed by atoms with van der Waals surface area (Å²) in [7, 11) is 1.79. The topological polar surface area (TPSA) is 79.5 Å². The molecule has 6 nitrogen and oxygen atoms in total. The third-order valence-electron chi connectivity index (χ3n) is 2.26. The van der Waals surface area contributed by atoms with Gasteiger partial charge in [0, 0.05) is 11.9 Å². The smallest absolute Gasteiger partial charge is 0.357 e. The van der Waals surface area contributed by atoms with E-state index in [0.717, 1.165) is 16.8 Å². The molecule has 0 saturated heterocycles. The van der Waals surface area contributed by atoms with E-state index >= 15 is 0 Å². The molecule has 0 unspecified atom stereocenters. The third-order valence-corrected chi connectivity index (χ3v) is 3.18. The number of aromatic carboxylic acids is 1. The Balaban J connectivity index is 2.12. The van der Waals surface area contributed by atoms with Crippen molar-refractivity contribution in [3.05, 3.63) is 28.0 Å². The van der Waals surface area contributed by atoms with Crippen LogP contribution in [-0.2, 0) is 6.54 Å². The summed E-state index contributed by atoms with van der Waals surface area (Å²) < 4.78 is 5.09. The molecule has 0 atom stereocenters. The normalized spacial score (nSPS) is 10.5. The zero-order valence-electron chi connectivity index (χ0n) is 9.38. The van der Waals surface area contributed by atoms with Crippen molar-refractivity contribution in [1.29, 1.82) is 0 Å². The van der Waals surface area contributed by atoms with Crippen LogP contribution in [0.1, 0.15) is 21.1 Å². The molecular formula is C10H11N3O3S. The van der Waals surface area contributed by atoms with Crippen molar-refractivity contribution < 1.29 is 14.3 Å². The molecule has 2 heterocycles. The quantitative estimate of drug-likeness (QED) is 0.894. The first-order valence-electron chi connectivity index (χ1n) is 4.87. The molecule has 0 aliphatic rings. The number of aryl methyl sites for hydroxylation is 1. The van der Waals surface area contributed by atoms with E-state index in [0.29, 0.717) is 6.54 Å².